The molecule has 0 aliphatic rings. The number of nitrogens with zero attached hydrogens (tertiary/aromatic N) is 1. The van der Waals surface area contributed by atoms with E-state index in [1.54, 1.807) is 19.1 Å². The van der Waals surface area contributed by atoms with Crippen LogP contribution in [0.4, 0.5) is 5.13 Å². The molecule has 7 nitrogen and oxygen atoms in total. The average Bonchev–Trinajstić information content (AvgIpc) is 2.93. The van der Waals surface area contributed by atoms with Crippen LogP contribution in [0.15, 0.2) is 33.5 Å². The Bertz CT molecular complexity index is 1050. The normalized spacial score (nSPS) is 10.7. The number of rotatable bonds is 4. The van der Waals surface area contributed by atoms with E-state index in [1.165, 1.54) is 20.1 Å². The summed E-state index contributed by atoms with van der Waals surface area (Å²) in [6, 6.07) is 5.96. The third-order valence-corrected chi connectivity index (χ3v) is 4.71. The lowest BCUT2D eigenvalue weighted by Crippen LogP contribution is -2.15. The molecule has 0 radical (unpaired) electrons. The van der Waals surface area contributed by atoms with Gasteiger partial charge in [-0.25, -0.2) is 9.78 Å². The molecule has 3 rings (SSSR count). The molecule has 0 atom stereocenters. The van der Waals surface area contributed by atoms with Crippen molar-refractivity contribution in [2.45, 2.75) is 13.8 Å². The Hall–Kier alpha value is -3.00. The number of benzene rings is 1. The number of amides is 1. The molecule has 2 aromatic heterocycles. The first-order valence-corrected chi connectivity index (χ1v) is 8.12. The number of nitrogens with one attached hydrogen (secondary N) is 1. The van der Waals surface area contributed by atoms with Gasteiger partial charge >= 0.3 is 5.63 Å². The summed E-state index contributed by atoms with van der Waals surface area (Å²) in [5.41, 5.74) is 0.309. The molecule has 0 fully saturated rings. The number of ketones is 1. The zero-order chi connectivity index (χ0) is 18.1. The van der Waals surface area contributed by atoms with E-state index >= 15 is 0 Å². The van der Waals surface area contributed by atoms with Crippen LogP contribution in [-0.2, 0) is 0 Å². The molecule has 1 N–H and O–H groups in total. The Morgan fingerprint density at radius 2 is 2.04 bits per heavy atom. The van der Waals surface area contributed by atoms with Crippen LogP contribution in [0, 0.1) is 6.92 Å². The fourth-order valence-corrected chi connectivity index (χ4v) is 3.26. The highest BCUT2D eigenvalue weighted by molar-refractivity contribution is 7.17. The Labute approximate surface area is 146 Å². The molecule has 0 bridgehead atoms. The molecule has 25 heavy (non-hydrogen) atoms. The summed E-state index contributed by atoms with van der Waals surface area (Å²) in [5, 5.41) is 3.39. The van der Waals surface area contributed by atoms with Crippen molar-refractivity contribution in [2.75, 3.05) is 12.4 Å². The van der Waals surface area contributed by atoms with Gasteiger partial charge in [0.1, 0.15) is 11.3 Å². The van der Waals surface area contributed by atoms with Crippen molar-refractivity contribution in [3.8, 4) is 5.75 Å². The van der Waals surface area contributed by atoms with Crippen LogP contribution in [-0.4, -0.2) is 23.8 Å². The van der Waals surface area contributed by atoms with Gasteiger partial charge in [0, 0.05) is 24.4 Å². The van der Waals surface area contributed by atoms with Crippen molar-refractivity contribution in [3.63, 3.8) is 0 Å². The first-order chi connectivity index (χ1) is 11.9. The highest BCUT2D eigenvalue weighted by Crippen LogP contribution is 2.26. The Morgan fingerprint density at radius 1 is 1.28 bits per heavy atom. The van der Waals surface area contributed by atoms with Gasteiger partial charge in [0.2, 0.25) is 0 Å². The number of methoxy groups -OCH3 is 1. The van der Waals surface area contributed by atoms with Gasteiger partial charge in [-0.1, -0.05) is 11.3 Å². The number of carbonyl (C=O) groups is 2. The Balaban J connectivity index is 2.01. The number of anilines is 1. The maximum atomic E-state index is 12.6. The smallest absolute Gasteiger partial charge is 0.337 e. The molecule has 0 unspecified atom stereocenters. The third kappa shape index (κ3) is 3.29. The summed E-state index contributed by atoms with van der Waals surface area (Å²) in [6.45, 7) is 3.14. The highest BCUT2D eigenvalue weighted by Gasteiger charge is 2.17. The van der Waals surface area contributed by atoms with Crippen LogP contribution in [0.25, 0.3) is 11.0 Å². The molecule has 8 heteroatoms. The van der Waals surface area contributed by atoms with Crippen molar-refractivity contribution in [2.24, 2.45) is 0 Å². The number of hydrogen-bond acceptors (Lipinski definition) is 7. The largest absolute Gasteiger partial charge is 0.497 e. The van der Waals surface area contributed by atoms with Crippen LogP contribution in [0.1, 0.15) is 32.6 Å². The minimum Gasteiger partial charge on any atom is -0.497 e. The molecule has 0 saturated heterocycles. The predicted octanol–water partition coefficient (Wildman–Crippen LogP) is 3.02. The average molecular weight is 358 g/mol. The number of fused-ring (bicyclic) bond motifs is 1. The lowest BCUT2D eigenvalue weighted by Gasteiger charge is -2.06. The molecular weight excluding hydrogens is 344 g/mol. The summed E-state index contributed by atoms with van der Waals surface area (Å²) >= 11 is 1.09. The molecule has 0 spiro atoms. The van der Waals surface area contributed by atoms with Gasteiger partial charge in [0.25, 0.3) is 5.91 Å². The van der Waals surface area contributed by atoms with Crippen LogP contribution < -0.4 is 15.7 Å². The fourth-order valence-electron chi connectivity index (χ4n) is 2.40. The molecule has 1 aromatic carbocycles. The quantitative estimate of drug-likeness (QED) is 0.568. The second-order valence-electron chi connectivity index (χ2n) is 5.29. The van der Waals surface area contributed by atoms with Gasteiger partial charge in [0.15, 0.2) is 10.9 Å². The van der Waals surface area contributed by atoms with Crippen LogP contribution in [0.5, 0.6) is 5.75 Å². The summed E-state index contributed by atoms with van der Waals surface area (Å²) < 4.78 is 10.2. The van der Waals surface area contributed by atoms with E-state index in [-0.39, 0.29) is 16.9 Å². The third-order valence-electron chi connectivity index (χ3n) is 3.53. The maximum absolute atomic E-state index is 12.6. The SMILES string of the molecule is COc1ccc2c(C(=O)Nc3nc(C)c(C(C)=O)s3)cc(=O)oc2c1. The number of ether oxygens (including phenoxy) is 1. The van der Waals surface area contributed by atoms with E-state index in [1.807, 2.05) is 0 Å². The van der Waals surface area contributed by atoms with Crippen molar-refractivity contribution in [3.05, 3.63) is 50.8 Å². The molecule has 0 aliphatic heterocycles. The number of aromatic nitrogens is 1. The van der Waals surface area contributed by atoms with E-state index in [2.05, 4.69) is 10.3 Å². The molecule has 1 amide bonds. The standard InChI is InChI=1S/C17H14N2O5S/c1-8-15(9(2)20)25-17(18-8)19-16(22)12-7-14(21)24-13-6-10(23-3)4-5-11(12)13/h4-7H,1-3H3,(H,18,19,22). The minimum atomic E-state index is -0.648. The summed E-state index contributed by atoms with van der Waals surface area (Å²) in [4.78, 5) is 40.5. The van der Waals surface area contributed by atoms with E-state index in [4.69, 9.17) is 9.15 Å². The second kappa shape index (κ2) is 6.48. The Kier molecular flexibility index (Phi) is 4.37. The summed E-state index contributed by atoms with van der Waals surface area (Å²) in [6.07, 6.45) is 0. The number of aryl methyl sites for hydroxylation is 1. The van der Waals surface area contributed by atoms with Crippen molar-refractivity contribution in [1.29, 1.82) is 0 Å². The van der Waals surface area contributed by atoms with Gasteiger partial charge in [-0.05, 0) is 19.1 Å². The molecular formula is C17H14N2O5S. The van der Waals surface area contributed by atoms with E-state index in [0.29, 0.717) is 26.8 Å². The number of thiazole rings is 1. The highest BCUT2D eigenvalue weighted by atomic mass is 32.1. The lowest BCUT2D eigenvalue weighted by molar-refractivity contribution is 0.101. The topological polar surface area (TPSA) is 98.5 Å². The molecule has 0 aliphatic carbocycles. The summed E-state index contributed by atoms with van der Waals surface area (Å²) in [7, 11) is 1.49. The second-order valence-corrected chi connectivity index (χ2v) is 6.28. The van der Waals surface area contributed by atoms with E-state index in [9.17, 15) is 14.4 Å². The molecule has 0 saturated carbocycles. The zero-order valence-corrected chi connectivity index (χ0v) is 14.5. The monoisotopic (exact) mass is 358 g/mol. The number of Topliss-reactive ketones (excluding diaryl/α,β-unsaturated/α-hetero) is 1. The van der Waals surface area contributed by atoms with E-state index < -0.39 is 11.5 Å². The van der Waals surface area contributed by atoms with Gasteiger partial charge in [-0.15, -0.1) is 0 Å². The van der Waals surface area contributed by atoms with Gasteiger partial charge in [-0.3, -0.25) is 14.9 Å². The minimum absolute atomic E-state index is 0.117. The van der Waals surface area contributed by atoms with E-state index in [0.717, 1.165) is 17.4 Å². The van der Waals surface area contributed by atoms with Gasteiger partial charge in [-0.2, -0.15) is 0 Å². The lowest BCUT2D eigenvalue weighted by atomic mass is 10.1. The summed E-state index contributed by atoms with van der Waals surface area (Å²) in [5.74, 6) is -0.116. The Morgan fingerprint density at radius 3 is 2.68 bits per heavy atom. The molecule has 2 heterocycles. The van der Waals surface area contributed by atoms with Gasteiger partial charge < -0.3 is 9.15 Å². The first-order valence-electron chi connectivity index (χ1n) is 7.30. The predicted molar refractivity (Wildman–Crippen MR) is 93.8 cm³/mol. The van der Waals surface area contributed by atoms with Crippen LogP contribution in [0.2, 0.25) is 0 Å². The molecule has 3 aromatic rings. The molecule has 128 valence electrons. The van der Waals surface area contributed by atoms with Crippen molar-refractivity contribution >= 4 is 39.1 Å². The van der Waals surface area contributed by atoms with Crippen LogP contribution >= 0.6 is 11.3 Å². The van der Waals surface area contributed by atoms with Crippen molar-refractivity contribution < 1.29 is 18.7 Å². The number of hydrogen-bond donors (Lipinski definition) is 1. The van der Waals surface area contributed by atoms with Crippen molar-refractivity contribution in [1.82, 2.24) is 4.98 Å². The van der Waals surface area contributed by atoms with Gasteiger partial charge in [0.05, 0.1) is 23.2 Å². The zero-order valence-electron chi connectivity index (χ0n) is 13.7. The van der Waals surface area contributed by atoms with Crippen LogP contribution in [0.3, 0.4) is 0 Å². The number of carbonyl (C=O) groups excluding carboxylic acids is 2. The first kappa shape index (κ1) is 16.8. The fraction of sp³-hybridized carbons (Fsp3) is 0.176. The maximum Gasteiger partial charge on any atom is 0.337 e.